The third kappa shape index (κ3) is 1.50. The first-order chi connectivity index (χ1) is 6.07. The Hall–Kier alpha value is -1.14. The van der Waals surface area contributed by atoms with Crippen LogP contribution in [0.15, 0.2) is 29.4 Å². The van der Waals surface area contributed by atoms with Gasteiger partial charge in [-0.2, -0.15) is 0 Å². The molecular weight excluding hydrogens is 214 g/mol. The Morgan fingerprint density at radius 3 is 2.92 bits per heavy atom. The molecule has 0 radical (unpaired) electrons. The Morgan fingerprint density at radius 2 is 2.23 bits per heavy atom. The molecule has 0 bridgehead atoms. The minimum absolute atomic E-state index is 0.0453. The van der Waals surface area contributed by atoms with Crippen molar-refractivity contribution in [1.29, 1.82) is 0 Å². The van der Waals surface area contributed by atoms with Crippen LogP contribution < -0.4 is 0 Å². The van der Waals surface area contributed by atoms with Crippen LogP contribution in [0.4, 0.5) is 0 Å². The van der Waals surface area contributed by atoms with Crippen LogP contribution in [0.2, 0.25) is 0 Å². The number of hydrogen-bond acceptors (Lipinski definition) is 4. The smallest absolute Gasteiger partial charge is 0.221 e. The molecule has 0 aliphatic rings. The fourth-order valence-electron chi connectivity index (χ4n) is 0.960. The molecular formula is C6H4ClN3O2S. The molecule has 2 rings (SSSR count). The monoisotopic (exact) mass is 217 g/mol. The summed E-state index contributed by atoms with van der Waals surface area (Å²) in [5.74, 6) is 0. The Balaban J connectivity index is 2.75. The van der Waals surface area contributed by atoms with E-state index in [0.717, 1.165) is 0 Å². The molecule has 0 fully saturated rings. The number of aromatic nitrogens is 3. The normalized spacial score (nSPS) is 12.1. The van der Waals surface area contributed by atoms with Gasteiger partial charge in [0.15, 0.2) is 0 Å². The summed E-state index contributed by atoms with van der Waals surface area (Å²) in [7, 11) is 1.48. The van der Waals surface area contributed by atoms with Gasteiger partial charge in [0.1, 0.15) is 0 Å². The second-order valence-corrected chi connectivity index (χ2v) is 4.97. The van der Waals surface area contributed by atoms with E-state index in [1.807, 2.05) is 0 Å². The maximum Gasteiger partial charge on any atom is 0.261 e. The second kappa shape index (κ2) is 2.68. The maximum absolute atomic E-state index is 10.9. The van der Waals surface area contributed by atoms with Crippen LogP contribution in [-0.4, -0.2) is 23.2 Å². The van der Waals surface area contributed by atoms with Crippen LogP contribution in [0.25, 0.3) is 5.52 Å². The van der Waals surface area contributed by atoms with Gasteiger partial charge in [0.25, 0.3) is 9.05 Å². The van der Waals surface area contributed by atoms with Gasteiger partial charge in [0, 0.05) is 16.9 Å². The van der Waals surface area contributed by atoms with Crippen LogP contribution >= 0.6 is 10.7 Å². The molecule has 2 heterocycles. The first-order valence-electron chi connectivity index (χ1n) is 3.32. The summed E-state index contributed by atoms with van der Waals surface area (Å²) in [5, 5.41) is 7.27. The average Bonchev–Trinajstić information content (AvgIpc) is 2.47. The topological polar surface area (TPSA) is 64.3 Å². The summed E-state index contributed by atoms with van der Waals surface area (Å²) in [6, 6.07) is 2.77. The van der Waals surface area contributed by atoms with E-state index in [1.54, 1.807) is 0 Å². The molecule has 0 spiro atoms. The van der Waals surface area contributed by atoms with E-state index in [4.69, 9.17) is 10.7 Å². The molecule has 7 heteroatoms. The molecule has 68 valence electrons. The van der Waals surface area contributed by atoms with E-state index in [0.29, 0.717) is 5.52 Å². The van der Waals surface area contributed by atoms with Crippen molar-refractivity contribution in [2.24, 2.45) is 0 Å². The van der Waals surface area contributed by atoms with Crippen molar-refractivity contribution in [3.8, 4) is 0 Å². The van der Waals surface area contributed by atoms with Crippen LogP contribution in [0.5, 0.6) is 0 Å². The van der Waals surface area contributed by atoms with Crippen LogP contribution in [-0.2, 0) is 9.05 Å². The number of fused-ring (bicyclic) bond motifs is 1. The summed E-state index contributed by atoms with van der Waals surface area (Å²) in [4.78, 5) is 0.0453. The van der Waals surface area contributed by atoms with Gasteiger partial charge in [-0.05, 0) is 12.1 Å². The first kappa shape index (κ1) is 8.46. The Kier molecular flexibility index (Phi) is 1.74. The predicted octanol–water partition coefficient (Wildman–Crippen LogP) is 0.657. The Labute approximate surface area is 78.4 Å². The standard InChI is InChI=1S/C6H4ClN3O2S/c7-13(11,12)6-1-2-10-5(3-6)4-8-9-10/h1-4H. The number of halogens is 1. The van der Waals surface area contributed by atoms with Crippen LogP contribution in [0, 0.1) is 0 Å². The summed E-state index contributed by atoms with van der Waals surface area (Å²) >= 11 is 0. The summed E-state index contributed by atoms with van der Waals surface area (Å²) < 4.78 is 23.3. The van der Waals surface area contributed by atoms with Crippen molar-refractivity contribution in [2.45, 2.75) is 4.90 Å². The maximum atomic E-state index is 10.9. The van der Waals surface area contributed by atoms with E-state index in [1.165, 1.54) is 29.0 Å². The Morgan fingerprint density at radius 1 is 1.46 bits per heavy atom. The van der Waals surface area contributed by atoms with Gasteiger partial charge < -0.3 is 0 Å². The van der Waals surface area contributed by atoms with Gasteiger partial charge >= 0.3 is 0 Å². The molecule has 0 aliphatic carbocycles. The third-order valence-corrected chi connectivity index (χ3v) is 2.91. The Bertz CT molecular complexity index is 548. The average molecular weight is 218 g/mol. The van der Waals surface area contributed by atoms with Crippen molar-refractivity contribution < 1.29 is 8.42 Å². The molecule has 0 atom stereocenters. The van der Waals surface area contributed by atoms with Crippen molar-refractivity contribution >= 4 is 25.2 Å². The molecule has 2 aromatic rings. The molecule has 5 nitrogen and oxygen atoms in total. The van der Waals surface area contributed by atoms with E-state index >= 15 is 0 Å². The lowest BCUT2D eigenvalue weighted by Crippen LogP contribution is -1.93. The number of pyridine rings is 1. The van der Waals surface area contributed by atoms with Gasteiger partial charge in [0.05, 0.1) is 16.6 Å². The summed E-state index contributed by atoms with van der Waals surface area (Å²) in [6.07, 6.45) is 2.93. The van der Waals surface area contributed by atoms with Gasteiger partial charge in [-0.1, -0.05) is 5.21 Å². The zero-order valence-corrected chi connectivity index (χ0v) is 7.83. The van der Waals surface area contributed by atoms with Gasteiger partial charge in [0.2, 0.25) is 0 Å². The van der Waals surface area contributed by atoms with Crippen LogP contribution in [0.1, 0.15) is 0 Å². The molecule has 0 unspecified atom stereocenters. The van der Waals surface area contributed by atoms with E-state index in [9.17, 15) is 8.42 Å². The molecule has 0 amide bonds. The highest BCUT2D eigenvalue weighted by Crippen LogP contribution is 2.15. The largest absolute Gasteiger partial charge is 0.261 e. The molecule has 0 N–H and O–H groups in total. The number of nitrogens with zero attached hydrogens (tertiary/aromatic N) is 3. The highest BCUT2D eigenvalue weighted by atomic mass is 35.7. The number of hydrogen-bond donors (Lipinski definition) is 0. The van der Waals surface area contributed by atoms with E-state index < -0.39 is 9.05 Å². The van der Waals surface area contributed by atoms with Crippen molar-refractivity contribution in [3.63, 3.8) is 0 Å². The summed E-state index contributed by atoms with van der Waals surface area (Å²) in [5.41, 5.74) is 0.585. The molecule has 13 heavy (non-hydrogen) atoms. The SMILES string of the molecule is O=S(=O)(Cl)c1ccn2nncc2c1. The van der Waals surface area contributed by atoms with Gasteiger partial charge in [-0.25, -0.2) is 12.9 Å². The van der Waals surface area contributed by atoms with Crippen molar-refractivity contribution in [2.75, 3.05) is 0 Å². The number of rotatable bonds is 1. The minimum Gasteiger partial charge on any atom is -0.221 e. The first-order valence-corrected chi connectivity index (χ1v) is 5.63. The third-order valence-electron chi connectivity index (χ3n) is 1.55. The zero-order chi connectivity index (χ0) is 9.47. The van der Waals surface area contributed by atoms with E-state index in [-0.39, 0.29) is 4.90 Å². The minimum atomic E-state index is -3.67. The fraction of sp³-hybridized carbons (Fsp3) is 0. The zero-order valence-electron chi connectivity index (χ0n) is 6.25. The second-order valence-electron chi connectivity index (χ2n) is 2.40. The van der Waals surface area contributed by atoms with E-state index in [2.05, 4.69) is 10.3 Å². The lowest BCUT2D eigenvalue weighted by atomic mass is 10.4. The molecule has 0 aliphatic heterocycles. The van der Waals surface area contributed by atoms with Gasteiger partial charge in [-0.15, -0.1) is 5.10 Å². The molecule has 0 saturated carbocycles. The van der Waals surface area contributed by atoms with Crippen molar-refractivity contribution in [3.05, 3.63) is 24.5 Å². The predicted molar refractivity (Wildman–Crippen MR) is 46.0 cm³/mol. The quantitative estimate of drug-likeness (QED) is 0.659. The van der Waals surface area contributed by atoms with Crippen molar-refractivity contribution in [1.82, 2.24) is 14.8 Å². The van der Waals surface area contributed by atoms with Gasteiger partial charge in [-0.3, -0.25) is 0 Å². The lowest BCUT2D eigenvalue weighted by molar-refractivity contribution is 0.609. The molecule has 2 aromatic heterocycles. The lowest BCUT2D eigenvalue weighted by Gasteiger charge is -1.95. The van der Waals surface area contributed by atoms with Crippen LogP contribution in [0.3, 0.4) is 0 Å². The highest BCUT2D eigenvalue weighted by Gasteiger charge is 2.10. The fourth-order valence-corrected chi connectivity index (χ4v) is 1.73. The highest BCUT2D eigenvalue weighted by molar-refractivity contribution is 8.13. The molecule has 0 aromatic carbocycles. The summed E-state index contributed by atoms with van der Waals surface area (Å²) in [6.45, 7) is 0. The molecule has 0 saturated heterocycles.